The number of hydrogen-bond acceptors (Lipinski definition) is 1. The van der Waals surface area contributed by atoms with Crippen molar-refractivity contribution in [2.24, 2.45) is 0 Å². The molecular formula is C20H14BrClN2. The van der Waals surface area contributed by atoms with Crippen molar-refractivity contribution in [2.75, 3.05) is 0 Å². The molecule has 0 saturated heterocycles. The molecule has 4 rings (SSSR count). The monoisotopic (exact) mass is 396 g/mol. The molecule has 0 aliphatic rings. The van der Waals surface area contributed by atoms with E-state index >= 15 is 0 Å². The van der Waals surface area contributed by atoms with Gasteiger partial charge in [-0.2, -0.15) is 0 Å². The summed E-state index contributed by atoms with van der Waals surface area (Å²) in [6.45, 7) is 0. The average Bonchev–Trinajstić information content (AvgIpc) is 2.94. The Morgan fingerprint density at radius 1 is 0.958 bits per heavy atom. The lowest BCUT2D eigenvalue weighted by atomic mass is 10.0. The average molecular weight is 398 g/mol. The van der Waals surface area contributed by atoms with Crippen LogP contribution in [0.4, 0.5) is 0 Å². The van der Waals surface area contributed by atoms with Gasteiger partial charge in [-0.15, -0.1) is 0 Å². The zero-order valence-electron chi connectivity index (χ0n) is 12.8. The third-order valence-corrected chi connectivity index (χ3v) is 4.70. The fourth-order valence-electron chi connectivity index (χ4n) is 2.89. The Morgan fingerprint density at radius 2 is 1.79 bits per heavy atom. The van der Waals surface area contributed by atoms with Crippen LogP contribution in [0.15, 0.2) is 77.4 Å². The smallest absolute Gasteiger partial charge is 0.137 e. The summed E-state index contributed by atoms with van der Waals surface area (Å²) in [7, 11) is 0. The Balaban J connectivity index is 1.93. The van der Waals surface area contributed by atoms with Crippen molar-refractivity contribution < 1.29 is 0 Å². The van der Waals surface area contributed by atoms with Gasteiger partial charge in [0.15, 0.2) is 0 Å². The van der Waals surface area contributed by atoms with Crippen LogP contribution in [0.1, 0.15) is 11.3 Å². The fourth-order valence-corrected chi connectivity index (χ4v) is 3.42. The van der Waals surface area contributed by atoms with Gasteiger partial charge in [0.2, 0.25) is 0 Å². The highest BCUT2D eigenvalue weighted by molar-refractivity contribution is 9.10. The summed E-state index contributed by atoms with van der Waals surface area (Å²) >= 11 is 9.75. The number of fused-ring (bicyclic) bond motifs is 1. The van der Waals surface area contributed by atoms with Gasteiger partial charge in [0.05, 0.1) is 11.4 Å². The van der Waals surface area contributed by atoms with E-state index in [-0.39, 0.29) is 0 Å². The van der Waals surface area contributed by atoms with Gasteiger partial charge in [0.1, 0.15) is 5.65 Å². The molecule has 0 radical (unpaired) electrons. The van der Waals surface area contributed by atoms with Crippen LogP contribution < -0.4 is 0 Å². The molecule has 4 aromatic rings. The molecule has 2 aromatic carbocycles. The lowest BCUT2D eigenvalue weighted by Crippen LogP contribution is -1.96. The van der Waals surface area contributed by atoms with E-state index in [9.17, 15) is 0 Å². The molecule has 0 bridgehead atoms. The van der Waals surface area contributed by atoms with E-state index in [0.717, 1.165) is 38.5 Å². The van der Waals surface area contributed by atoms with Gasteiger partial charge in [0, 0.05) is 27.7 Å². The van der Waals surface area contributed by atoms with Crippen LogP contribution in [0.2, 0.25) is 5.02 Å². The molecular weight excluding hydrogens is 384 g/mol. The third kappa shape index (κ3) is 2.97. The molecule has 0 aliphatic carbocycles. The first-order chi connectivity index (χ1) is 11.7. The third-order valence-electron chi connectivity index (χ3n) is 3.99. The van der Waals surface area contributed by atoms with Crippen molar-refractivity contribution >= 4 is 33.2 Å². The maximum atomic E-state index is 6.19. The number of aromatic nitrogens is 2. The number of nitrogens with zero attached hydrogens (tertiary/aromatic N) is 2. The summed E-state index contributed by atoms with van der Waals surface area (Å²) in [5.74, 6) is 0. The topological polar surface area (TPSA) is 17.3 Å². The molecule has 0 fully saturated rings. The molecule has 118 valence electrons. The molecule has 2 heterocycles. The van der Waals surface area contributed by atoms with Crippen LogP contribution >= 0.6 is 27.5 Å². The second kappa shape index (κ2) is 6.42. The van der Waals surface area contributed by atoms with E-state index in [1.54, 1.807) is 0 Å². The standard InChI is InChI=1S/C20H14BrClN2/c21-16-9-10-19-23-20(15-7-4-8-17(22)12-15)18(24(19)13-16)11-14-5-2-1-3-6-14/h1-10,12-13H,11H2. The Kier molecular flexibility index (Phi) is 4.13. The first kappa shape index (κ1) is 15.4. The van der Waals surface area contributed by atoms with E-state index in [0.29, 0.717) is 0 Å². The zero-order chi connectivity index (χ0) is 16.5. The Labute approximate surface area is 153 Å². The minimum atomic E-state index is 0.719. The molecule has 0 N–H and O–H groups in total. The van der Waals surface area contributed by atoms with Crippen molar-refractivity contribution in [3.8, 4) is 11.3 Å². The molecule has 0 atom stereocenters. The summed E-state index contributed by atoms with van der Waals surface area (Å²) in [6, 6.07) is 22.3. The summed E-state index contributed by atoms with van der Waals surface area (Å²) < 4.78 is 3.17. The van der Waals surface area contributed by atoms with Crippen molar-refractivity contribution in [2.45, 2.75) is 6.42 Å². The molecule has 0 aliphatic heterocycles. The van der Waals surface area contributed by atoms with Gasteiger partial charge in [0.25, 0.3) is 0 Å². The highest BCUT2D eigenvalue weighted by Crippen LogP contribution is 2.29. The predicted molar refractivity (Wildman–Crippen MR) is 103 cm³/mol. The van der Waals surface area contributed by atoms with Crippen molar-refractivity contribution in [3.05, 3.63) is 93.7 Å². The number of hydrogen-bond donors (Lipinski definition) is 0. The first-order valence-corrected chi connectivity index (χ1v) is 8.84. The van der Waals surface area contributed by atoms with E-state index in [2.05, 4.69) is 56.9 Å². The Hall–Kier alpha value is -2.10. The molecule has 0 unspecified atom stereocenters. The van der Waals surface area contributed by atoms with Crippen LogP contribution in [-0.2, 0) is 6.42 Å². The number of pyridine rings is 1. The lowest BCUT2D eigenvalue weighted by molar-refractivity contribution is 1.02. The van der Waals surface area contributed by atoms with E-state index in [4.69, 9.17) is 16.6 Å². The van der Waals surface area contributed by atoms with Crippen molar-refractivity contribution in [3.63, 3.8) is 0 Å². The predicted octanol–water partition coefficient (Wildman–Crippen LogP) is 6.01. The minimum Gasteiger partial charge on any atom is -0.302 e. The zero-order valence-corrected chi connectivity index (χ0v) is 15.1. The molecule has 0 saturated carbocycles. The maximum absolute atomic E-state index is 6.19. The van der Waals surface area contributed by atoms with Gasteiger partial charge in [-0.1, -0.05) is 54.1 Å². The summed E-state index contributed by atoms with van der Waals surface area (Å²) in [4.78, 5) is 4.84. The number of halogens is 2. The molecule has 2 nitrogen and oxygen atoms in total. The molecule has 24 heavy (non-hydrogen) atoms. The number of rotatable bonds is 3. The highest BCUT2D eigenvalue weighted by atomic mass is 79.9. The number of benzene rings is 2. The van der Waals surface area contributed by atoms with Crippen molar-refractivity contribution in [1.29, 1.82) is 0 Å². The summed E-state index contributed by atoms with van der Waals surface area (Å²) in [5, 5.41) is 0.719. The van der Waals surface area contributed by atoms with Gasteiger partial charge in [-0.25, -0.2) is 4.98 Å². The molecule has 0 amide bonds. The van der Waals surface area contributed by atoms with E-state index in [1.807, 2.05) is 36.4 Å². The van der Waals surface area contributed by atoms with E-state index < -0.39 is 0 Å². The summed E-state index contributed by atoms with van der Waals surface area (Å²) in [6.07, 6.45) is 2.87. The van der Waals surface area contributed by atoms with Crippen LogP contribution in [0.3, 0.4) is 0 Å². The SMILES string of the molecule is Clc1cccc(-c2nc3ccc(Br)cn3c2Cc2ccccc2)c1. The quantitative estimate of drug-likeness (QED) is 0.414. The molecule has 4 heteroatoms. The van der Waals surface area contributed by atoms with Crippen LogP contribution in [-0.4, -0.2) is 9.38 Å². The van der Waals surface area contributed by atoms with E-state index in [1.165, 1.54) is 5.56 Å². The van der Waals surface area contributed by atoms with Crippen LogP contribution in [0.5, 0.6) is 0 Å². The van der Waals surface area contributed by atoms with Crippen LogP contribution in [0.25, 0.3) is 16.9 Å². The summed E-state index contributed by atoms with van der Waals surface area (Å²) in [5.41, 5.74) is 5.34. The minimum absolute atomic E-state index is 0.719. The largest absolute Gasteiger partial charge is 0.302 e. The van der Waals surface area contributed by atoms with Gasteiger partial charge in [-0.3, -0.25) is 0 Å². The molecule has 0 spiro atoms. The lowest BCUT2D eigenvalue weighted by Gasteiger charge is -2.06. The first-order valence-electron chi connectivity index (χ1n) is 7.67. The van der Waals surface area contributed by atoms with Gasteiger partial charge >= 0.3 is 0 Å². The molecule has 2 aromatic heterocycles. The number of imidazole rings is 1. The van der Waals surface area contributed by atoms with Crippen molar-refractivity contribution in [1.82, 2.24) is 9.38 Å². The van der Waals surface area contributed by atoms with Crippen LogP contribution in [0, 0.1) is 0 Å². The maximum Gasteiger partial charge on any atom is 0.137 e. The highest BCUT2D eigenvalue weighted by Gasteiger charge is 2.15. The van der Waals surface area contributed by atoms with Gasteiger partial charge in [-0.05, 0) is 45.8 Å². The van der Waals surface area contributed by atoms with Gasteiger partial charge < -0.3 is 4.40 Å². The fraction of sp³-hybridized carbons (Fsp3) is 0.0500. The second-order valence-electron chi connectivity index (χ2n) is 5.66. The normalized spacial score (nSPS) is 11.1. The Bertz CT molecular complexity index is 1010. The second-order valence-corrected chi connectivity index (χ2v) is 7.01. The Morgan fingerprint density at radius 3 is 2.58 bits per heavy atom.